The predicted octanol–water partition coefficient (Wildman–Crippen LogP) is 2.23. The first-order valence-corrected chi connectivity index (χ1v) is 6.58. The molecule has 4 nitrogen and oxygen atoms in total. The number of anilines is 1. The number of ether oxygens (including phenoxy) is 1. The van der Waals surface area contributed by atoms with Crippen LogP contribution in [0.1, 0.15) is 32.6 Å². The Morgan fingerprint density at radius 3 is 2.79 bits per heavy atom. The monoisotopic (exact) mass is 266 g/mol. The Morgan fingerprint density at radius 1 is 1.47 bits per heavy atom. The summed E-state index contributed by atoms with van der Waals surface area (Å²) in [4.78, 5) is 11.9. The van der Waals surface area contributed by atoms with Crippen LogP contribution in [0.25, 0.3) is 0 Å². The summed E-state index contributed by atoms with van der Waals surface area (Å²) in [5.74, 6) is -0.251. The number of rotatable bonds is 4. The molecule has 1 aromatic rings. The molecule has 19 heavy (non-hydrogen) atoms. The Morgan fingerprint density at radius 2 is 2.16 bits per heavy atom. The van der Waals surface area contributed by atoms with E-state index in [-0.39, 0.29) is 17.6 Å². The summed E-state index contributed by atoms with van der Waals surface area (Å²) in [5, 5.41) is 2.95. The van der Waals surface area contributed by atoms with Crippen molar-refractivity contribution in [3.63, 3.8) is 0 Å². The molecule has 0 heterocycles. The zero-order valence-electron chi connectivity index (χ0n) is 11.0. The number of benzene rings is 1. The topological polar surface area (TPSA) is 64.3 Å². The van der Waals surface area contributed by atoms with Crippen molar-refractivity contribution in [2.45, 2.75) is 44.8 Å². The van der Waals surface area contributed by atoms with Crippen LogP contribution in [0.15, 0.2) is 18.2 Å². The largest absolute Gasteiger partial charge is 0.479 e. The van der Waals surface area contributed by atoms with Gasteiger partial charge < -0.3 is 15.8 Å². The highest BCUT2D eigenvalue weighted by atomic mass is 19.1. The zero-order valence-corrected chi connectivity index (χ0v) is 11.0. The van der Waals surface area contributed by atoms with E-state index in [0.717, 1.165) is 25.7 Å². The third-order valence-corrected chi connectivity index (χ3v) is 3.35. The fourth-order valence-corrected chi connectivity index (χ4v) is 2.26. The van der Waals surface area contributed by atoms with Crippen molar-refractivity contribution in [3.8, 4) is 5.75 Å². The Hall–Kier alpha value is -1.78. The van der Waals surface area contributed by atoms with Gasteiger partial charge in [0.1, 0.15) is 11.6 Å². The molecule has 0 bridgehead atoms. The van der Waals surface area contributed by atoms with Crippen LogP contribution in [-0.2, 0) is 4.79 Å². The lowest BCUT2D eigenvalue weighted by Gasteiger charge is -2.18. The first kappa shape index (κ1) is 13.6. The van der Waals surface area contributed by atoms with Gasteiger partial charge in [0.15, 0.2) is 6.10 Å². The molecule has 1 aliphatic carbocycles. The minimum atomic E-state index is -0.645. The van der Waals surface area contributed by atoms with E-state index >= 15 is 0 Å². The summed E-state index contributed by atoms with van der Waals surface area (Å²) in [6.07, 6.45) is 3.72. The van der Waals surface area contributed by atoms with Crippen molar-refractivity contribution in [2.24, 2.45) is 0 Å². The van der Waals surface area contributed by atoms with Gasteiger partial charge in [-0.2, -0.15) is 0 Å². The fourth-order valence-electron chi connectivity index (χ4n) is 2.26. The summed E-state index contributed by atoms with van der Waals surface area (Å²) in [6.45, 7) is 1.66. The van der Waals surface area contributed by atoms with Gasteiger partial charge in [0.25, 0.3) is 5.91 Å². The molecule has 1 aliphatic rings. The van der Waals surface area contributed by atoms with Gasteiger partial charge in [-0.3, -0.25) is 4.79 Å². The standard InChI is InChI=1S/C14H19FN2O2/c1-9(14(18)17-11-4-2-3-5-11)19-13-7-6-10(15)8-12(13)16/h6-9,11H,2-5,16H2,1H3,(H,17,18). The number of carbonyl (C=O) groups excluding carboxylic acids is 1. The van der Waals surface area contributed by atoms with Crippen LogP contribution in [0.3, 0.4) is 0 Å². The van der Waals surface area contributed by atoms with E-state index in [9.17, 15) is 9.18 Å². The molecule has 0 aliphatic heterocycles. The lowest BCUT2D eigenvalue weighted by atomic mass is 10.2. The van der Waals surface area contributed by atoms with Crippen molar-refractivity contribution in [2.75, 3.05) is 5.73 Å². The summed E-state index contributed by atoms with van der Waals surface area (Å²) >= 11 is 0. The summed E-state index contributed by atoms with van der Waals surface area (Å²) in [7, 11) is 0. The van der Waals surface area contributed by atoms with E-state index in [0.29, 0.717) is 5.75 Å². The Kier molecular flexibility index (Phi) is 4.24. The maximum atomic E-state index is 12.9. The molecule has 1 fully saturated rings. The van der Waals surface area contributed by atoms with Crippen LogP contribution in [0.2, 0.25) is 0 Å². The van der Waals surface area contributed by atoms with Gasteiger partial charge in [0, 0.05) is 12.1 Å². The number of nitrogens with two attached hydrogens (primary N) is 1. The molecule has 5 heteroatoms. The smallest absolute Gasteiger partial charge is 0.260 e. The van der Waals surface area contributed by atoms with Crippen LogP contribution in [0.5, 0.6) is 5.75 Å². The van der Waals surface area contributed by atoms with E-state index in [1.54, 1.807) is 6.92 Å². The first-order chi connectivity index (χ1) is 9.06. The number of hydrogen-bond acceptors (Lipinski definition) is 3. The van der Waals surface area contributed by atoms with Crippen LogP contribution in [0, 0.1) is 5.82 Å². The predicted molar refractivity (Wildman–Crippen MR) is 71.3 cm³/mol. The number of hydrogen-bond donors (Lipinski definition) is 2. The Balaban J connectivity index is 1.92. The molecule has 0 radical (unpaired) electrons. The van der Waals surface area contributed by atoms with Crippen LogP contribution >= 0.6 is 0 Å². The second-order valence-corrected chi connectivity index (χ2v) is 4.93. The van der Waals surface area contributed by atoms with Crippen LogP contribution < -0.4 is 15.8 Å². The third kappa shape index (κ3) is 3.59. The quantitative estimate of drug-likeness (QED) is 0.821. The molecule has 3 N–H and O–H groups in total. The Labute approximate surface area is 112 Å². The molecule has 104 valence electrons. The number of nitrogen functional groups attached to an aromatic ring is 1. The average Bonchev–Trinajstić information content (AvgIpc) is 2.85. The van der Waals surface area contributed by atoms with E-state index in [4.69, 9.17) is 10.5 Å². The fraction of sp³-hybridized carbons (Fsp3) is 0.500. The zero-order chi connectivity index (χ0) is 13.8. The van der Waals surface area contributed by atoms with Crippen molar-refractivity contribution in [1.82, 2.24) is 5.32 Å². The number of amides is 1. The lowest BCUT2D eigenvalue weighted by molar-refractivity contribution is -0.127. The number of carbonyl (C=O) groups is 1. The van der Waals surface area contributed by atoms with Gasteiger partial charge in [-0.05, 0) is 31.9 Å². The maximum absolute atomic E-state index is 12.9. The molecule has 1 aromatic carbocycles. The molecule has 1 unspecified atom stereocenters. The highest BCUT2D eigenvalue weighted by molar-refractivity contribution is 5.81. The lowest BCUT2D eigenvalue weighted by Crippen LogP contribution is -2.41. The first-order valence-electron chi connectivity index (χ1n) is 6.58. The van der Waals surface area contributed by atoms with Crippen LogP contribution in [0.4, 0.5) is 10.1 Å². The van der Waals surface area contributed by atoms with Crippen molar-refractivity contribution >= 4 is 11.6 Å². The SMILES string of the molecule is CC(Oc1ccc(F)cc1N)C(=O)NC1CCCC1. The number of halogens is 1. The van der Waals surface area contributed by atoms with Gasteiger partial charge >= 0.3 is 0 Å². The van der Waals surface area contributed by atoms with E-state index in [1.165, 1.54) is 18.2 Å². The summed E-state index contributed by atoms with van der Waals surface area (Å²) in [5.41, 5.74) is 5.83. The summed E-state index contributed by atoms with van der Waals surface area (Å²) in [6, 6.07) is 4.12. The second kappa shape index (κ2) is 5.91. The normalized spacial score (nSPS) is 17.2. The third-order valence-electron chi connectivity index (χ3n) is 3.35. The van der Waals surface area contributed by atoms with E-state index < -0.39 is 11.9 Å². The minimum absolute atomic E-state index is 0.157. The Bertz CT molecular complexity index is 459. The molecule has 1 atom stereocenters. The van der Waals surface area contributed by atoms with Gasteiger partial charge in [-0.15, -0.1) is 0 Å². The highest BCUT2D eigenvalue weighted by Gasteiger charge is 2.22. The van der Waals surface area contributed by atoms with Gasteiger partial charge in [-0.25, -0.2) is 4.39 Å². The average molecular weight is 266 g/mol. The molecule has 1 saturated carbocycles. The van der Waals surface area contributed by atoms with Crippen molar-refractivity contribution < 1.29 is 13.9 Å². The molecule has 0 aromatic heterocycles. The van der Waals surface area contributed by atoms with Crippen molar-refractivity contribution in [3.05, 3.63) is 24.0 Å². The summed E-state index contributed by atoms with van der Waals surface area (Å²) < 4.78 is 18.4. The van der Waals surface area contributed by atoms with Gasteiger partial charge in [-0.1, -0.05) is 12.8 Å². The molecule has 1 amide bonds. The van der Waals surface area contributed by atoms with Gasteiger partial charge in [0.2, 0.25) is 0 Å². The molecular formula is C14H19FN2O2. The minimum Gasteiger partial charge on any atom is -0.479 e. The maximum Gasteiger partial charge on any atom is 0.260 e. The van der Waals surface area contributed by atoms with E-state index in [1.807, 2.05) is 0 Å². The van der Waals surface area contributed by atoms with Crippen LogP contribution in [-0.4, -0.2) is 18.1 Å². The van der Waals surface area contributed by atoms with Crippen molar-refractivity contribution in [1.29, 1.82) is 0 Å². The number of nitrogens with one attached hydrogen (secondary N) is 1. The molecule has 2 rings (SSSR count). The van der Waals surface area contributed by atoms with E-state index in [2.05, 4.69) is 5.32 Å². The van der Waals surface area contributed by atoms with Gasteiger partial charge in [0.05, 0.1) is 5.69 Å². The highest BCUT2D eigenvalue weighted by Crippen LogP contribution is 2.23. The second-order valence-electron chi connectivity index (χ2n) is 4.93. The molecule has 0 spiro atoms. The molecular weight excluding hydrogens is 247 g/mol. The molecule has 0 saturated heterocycles.